The Labute approximate surface area is 143 Å². The van der Waals surface area contributed by atoms with E-state index >= 15 is 0 Å². The third kappa shape index (κ3) is 4.05. The molecule has 7 heteroatoms. The molecule has 1 fully saturated rings. The van der Waals surface area contributed by atoms with E-state index in [1.165, 1.54) is 32.6 Å². The van der Waals surface area contributed by atoms with E-state index in [0.29, 0.717) is 11.5 Å². The summed E-state index contributed by atoms with van der Waals surface area (Å²) in [5.74, 6) is 0.181. The first-order chi connectivity index (χ1) is 10.7. The number of amides is 1. The Kier molecular flexibility index (Phi) is 5.70. The van der Waals surface area contributed by atoms with E-state index in [4.69, 9.17) is 11.6 Å². The van der Waals surface area contributed by atoms with Crippen molar-refractivity contribution in [3.05, 3.63) is 28.8 Å². The van der Waals surface area contributed by atoms with E-state index < -0.39 is 10.0 Å². The number of nitrogens with zero attached hydrogens (tertiary/aromatic N) is 1. The summed E-state index contributed by atoms with van der Waals surface area (Å²) in [5.41, 5.74) is 0.313. The molecule has 128 valence electrons. The molecule has 0 bridgehead atoms. The van der Waals surface area contributed by atoms with Gasteiger partial charge in [-0.3, -0.25) is 4.79 Å². The van der Waals surface area contributed by atoms with E-state index in [1.54, 1.807) is 6.07 Å². The molecule has 2 rings (SSSR count). The van der Waals surface area contributed by atoms with Gasteiger partial charge in [-0.1, -0.05) is 31.4 Å². The Bertz CT molecular complexity index is 689. The number of nitrogens with one attached hydrogen (secondary N) is 1. The van der Waals surface area contributed by atoms with E-state index in [0.717, 1.165) is 23.6 Å². The molecule has 2 atom stereocenters. The van der Waals surface area contributed by atoms with E-state index in [1.807, 2.05) is 0 Å². The van der Waals surface area contributed by atoms with Gasteiger partial charge in [0.25, 0.3) is 5.91 Å². The standard InChI is InChI=1S/C16H23ClN2O3S/c1-11-6-4-5-7-14(11)18-16(20)12-8-9-13(17)15(10-12)23(21,22)19(2)3/h8-11,14H,4-7H2,1-3H3,(H,18,20)/t11-,14-/m1/s1. The van der Waals surface area contributed by atoms with Crippen molar-refractivity contribution in [2.45, 2.75) is 43.5 Å². The second-order valence-corrected chi connectivity index (χ2v) is 8.80. The quantitative estimate of drug-likeness (QED) is 0.899. The SMILES string of the molecule is C[C@@H]1CCCC[C@H]1NC(=O)c1ccc(Cl)c(S(=O)(=O)N(C)C)c1. The number of halogens is 1. The average molecular weight is 359 g/mol. The highest BCUT2D eigenvalue weighted by Gasteiger charge is 2.25. The van der Waals surface area contributed by atoms with Gasteiger partial charge in [-0.2, -0.15) is 0 Å². The Morgan fingerprint density at radius 1 is 1.26 bits per heavy atom. The summed E-state index contributed by atoms with van der Waals surface area (Å²) in [4.78, 5) is 12.4. The monoisotopic (exact) mass is 358 g/mol. The molecule has 1 amide bonds. The van der Waals surface area contributed by atoms with Crippen LogP contribution in [0.25, 0.3) is 0 Å². The Balaban J connectivity index is 2.25. The zero-order valence-corrected chi connectivity index (χ0v) is 15.2. The summed E-state index contributed by atoms with van der Waals surface area (Å²) in [6.45, 7) is 2.13. The average Bonchev–Trinajstić information content (AvgIpc) is 2.49. The highest BCUT2D eigenvalue weighted by molar-refractivity contribution is 7.89. The smallest absolute Gasteiger partial charge is 0.251 e. The van der Waals surface area contributed by atoms with Crippen LogP contribution in [0.1, 0.15) is 43.0 Å². The minimum absolute atomic E-state index is 0.0477. The Morgan fingerprint density at radius 2 is 1.91 bits per heavy atom. The Morgan fingerprint density at radius 3 is 2.52 bits per heavy atom. The van der Waals surface area contributed by atoms with Crippen LogP contribution in [-0.4, -0.2) is 38.8 Å². The summed E-state index contributed by atoms with van der Waals surface area (Å²) >= 11 is 6.01. The predicted octanol–water partition coefficient (Wildman–Crippen LogP) is 2.90. The second kappa shape index (κ2) is 7.20. The summed E-state index contributed by atoms with van der Waals surface area (Å²) < 4.78 is 25.6. The van der Waals surface area contributed by atoms with Crippen LogP contribution >= 0.6 is 11.6 Å². The van der Waals surface area contributed by atoms with Crippen LogP contribution in [0.15, 0.2) is 23.1 Å². The normalized spacial score (nSPS) is 22.1. The summed E-state index contributed by atoms with van der Waals surface area (Å²) in [7, 11) is -0.821. The van der Waals surface area contributed by atoms with Gasteiger partial charge >= 0.3 is 0 Å². The first-order valence-corrected chi connectivity index (χ1v) is 9.58. The van der Waals surface area contributed by atoms with Crippen LogP contribution in [0.2, 0.25) is 5.02 Å². The van der Waals surface area contributed by atoms with Gasteiger partial charge in [0.15, 0.2) is 0 Å². The van der Waals surface area contributed by atoms with Gasteiger partial charge in [-0.05, 0) is 37.0 Å². The highest BCUT2D eigenvalue weighted by atomic mass is 35.5. The van der Waals surface area contributed by atoms with Crippen LogP contribution in [0.3, 0.4) is 0 Å². The van der Waals surface area contributed by atoms with E-state index in [2.05, 4.69) is 12.2 Å². The topological polar surface area (TPSA) is 66.5 Å². The lowest BCUT2D eigenvalue weighted by atomic mass is 9.86. The van der Waals surface area contributed by atoms with Gasteiger partial charge in [0.05, 0.1) is 5.02 Å². The maximum atomic E-state index is 12.5. The third-order valence-corrected chi connectivity index (χ3v) is 6.68. The molecule has 0 aromatic heterocycles. The molecule has 1 aromatic rings. The maximum absolute atomic E-state index is 12.5. The zero-order chi connectivity index (χ0) is 17.2. The first-order valence-electron chi connectivity index (χ1n) is 7.76. The molecule has 0 heterocycles. The van der Waals surface area contributed by atoms with Crippen molar-refractivity contribution in [2.24, 2.45) is 5.92 Å². The maximum Gasteiger partial charge on any atom is 0.251 e. The Hall–Kier alpha value is -1.11. The van der Waals surface area contributed by atoms with Gasteiger partial charge in [-0.15, -0.1) is 0 Å². The molecule has 0 unspecified atom stereocenters. The lowest BCUT2D eigenvalue weighted by Gasteiger charge is -2.29. The molecule has 1 aliphatic carbocycles. The van der Waals surface area contributed by atoms with Crippen LogP contribution < -0.4 is 5.32 Å². The number of carbonyl (C=O) groups excluding carboxylic acids is 1. The number of hydrogen-bond acceptors (Lipinski definition) is 3. The molecule has 23 heavy (non-hydrogen) atoms. The van der Waals surface area contributed by atoms with Gasteiger partial charge in [0, 0.05) is 25.7 Å². The van der Waals surface area contributed by atoms with Crippen molar-refractivity contribution < 1.29 is 13.2 Å². The zero-order valence-electron chi connectivity index (χ0n) is 13.7. The second-order valence-electron chi connectivity index (χ2n) is 6.27. The van der Waals surface area contributed by atoms with Crippen molar-refractivity contribution in [1.82, 2.24) is 9.62 Å². The predicted molar refractivity (Wildman–Crippen MR) is 91.2 cm³/mol. The van der Waals surface area contributed by atoms with E-state index in [9.17, 15) is 13.2 Å². The molecule has 5 nitrogen and oxygen atoms in total. The number of rotatable bonds is 4. The first kappa shape index (κ1) is 18.2. The lowest BCUT2D eigenvalue weighted by Crippen LogP contribution is -2.41. The molecule has 1 aromatic carbocycles. The number of sulfonamides is 1. The lowest BCUT2D eigenvalue weighted by molar-refractivity contribution is 0.0910. The van der Waals surface area contributed by atoms with Gasteiger partial charge in [0.1, 0.15) is 4.90 Å². The van der Waals surface area contributed by atoms with Gasteiger partial charge in [-0.25, -0.2) is 12.7 Å². The number of hydrogen-bond donors (Lipinski definition) is 1. The van der Waals surface area contributed by atoms with Crippen LogP contribution in [0.5, 0.6) is 0 Å². The molecule has 0 radical (unpaired) electrons. The van der Waals surface area contributed by atoms with Crippen molar-refractivity contribution in [3.63, 3.8) is 0 Å². The van der Waals surface area contributed by atoms with E-state index in [-0.39, 0.29) is 21.9 Å². The summed E-state index contributed by atoms with van der Waals surface area (Å²) in [6.07, 6.45) is 4.37. The molecule has 1 N–H and O–H groups in total. The molecule has 1 saturated carbocycles. The van der Waals surface area contributed by atoms with Crippen LogP contribution in [0, 0.1) is 5.92 Å². The van der Waals surface area contributed by atoms with Crippen molar-refractivity contribution in [3.8, 4) is 0 Å². The van der Waals surface area contributed by atoms with Crippen LogP contribution in [0.4, 0.5) is 0 Å². The molecule has 0 spiro atoms. The molecular formula is C16H23ClN2O3S. The fourth-order valence-corrected chi connectivity index (χ4v) is 4.22. The number of benzene rings is 1. The summed E-state index contributed by atoms with van der Waals surface area (Å²) in [6, 6.07) is 4.50. The fourth-order valence-electron chi connectivity index (χ4n) is 2.82. The van der Waals surface area contributed by atoms with Crippen molar-refractivity contribution in [2.75, 3.05) is 14.1 Å². The minimum atomic E-state index is -3.69. The summed E-state index contributed by atoms with van der Waals surface area (Å²) in [5, 5.41) is 3.13. The third-order valence-electron chi connectivity index (χ3n) is 4.38. The van der Waals surface area contributed by atoms with Gasteiger partial charge in [0.2, 0.25) is 10.0 Å². The van der Waals surface area contributed by atoms with Crippen molar-refractivity contribution in [1.29, 1.82) is 0 Å². The van der Waals surface area contributed by atoms with Gasteiger partial charge < -0.3 is 5.32 Å². The fraction of sp³-hybridized carbons (Fsp3) is 0.562. The highest BCUT2D eigenvalue weighted by Crippen LogP contribution is 2.26. The molecule has 0 aliphatic heterocycles. The largest absolute Gasteiger partial charge is 0.349 e. The number of carbonyl (C=O) groups is 1. The van der Waals surface area contributed by atoms with Crippen LogP contribution in [-0.2, 0) is 10.0 Å². The molecule has 1 aliphatic rings. The van der Waals surface area contributed by atoms with Crippen molar-refractivity contribution >= 4 is 27.5 Å². The minimum Gasteiger partial charge on any atom is -0.349 e. The molecular weight excluding hydrogens is 336 g/mol. The molecule has 0 saturated heterocycles.